The summed E-state index contributed by atoms with van der Waals surface area (Å²) in [5, 5.41) is 0. The van der Waals surface area contributed by atoms with Crippen LogP contribution in [0.25, 0.3) is 0 Å². The lowest BCUT2D eigenvalue weighted by Crippen LogP contribution is -2.23. The normalized spacial score (nSPS) is 10.0. The molecule has 0 aliphatic carbocycles. The fourth-order valence-corrected chi connectivity index (χ4v) is 1.14. The number of hydrogen-bond acceptors (Lipinski definition) is 2. The van der Waals surface area contributed by atoms with Crippen LogP contribution in [0.3, 0.4) is 0 Å². The zero-order chi connectivity index (χ0) is 8.10. The van der Waals surface area contributed by atoms with Gasteiger partial charge in [0.2, 0.25) is 0 Å². The number of nitrogens with zero attached hydrogens (tertiary/aromatic N) is 2. The van der Waals surface area contributed by atoms with E-state index in [2.05, 4.69) is 28.7 Å². The molecule has 0 aliphatic rings. The maximum atomic E-state index is 3.98. The van der Waals surface area contributed by atoms with Gasteiger partial charge in [-0.3, -0.25) is 0 Å². The number of nitrogens with one attached hydrogen (secondary N) is 1. The minimum absolute atomic E-state index is 1.04. The molecule has 0 radical (unpaired) electrons. The predicted molar refractivity (Wildman–Crippen MR) is 46.8 cm³/mol. The van der Waals surface area contributed by atoms with E-state index in [1.165, 1.54) is 6.42 Å². The van der Waals surface area contributed by atoms with Crippen LogP contribution in [0.15, 0.2) is 12.5 Å². The van der Waals surface area contributed by atoms with Crippen molar-refractivity contribution in [2.75, 3.05) is 18.0 Å². The van der Waals surface area contributed by atoms with Crippen molar-refractivity contribution in [1.29, 1.82) is 0 Å². The van der Waals surface area contributed by atoms with E-state index in [1.54, 1.807) is 6.33 Å². The Balaban J connectivity index is 2.56. The standard InChI is InChI=1S/C8H15N3/c1-3-5-11(4-2)8-6-9-7-10-8/h6-7H,3-5H2,1-2H3,(H,9,10). The highest BCUT2D eigenvalue weighted by Gasteiger charge is 2.01. The Bertz CT molecular complexity index is 181. The van der Waals surface area contributed by atoms with Crippen LogP contribution in [-0.4, -0.2) is 23.1 Å². The van der Waals surface area contributed by atoms with Gasteiger partial charge in [-0.1, -0.05) is 6.92 Å². The molecule has 0 atom stereocenters. The number of imidazole rings is 1. The first-order chi connectivity index (χ1) is 5.38. The van der Waals surface area contributed by atoms with E-state index < -0.39 is 0 Å². The molecule has 0 saturated carbocycles. The third kappa shape index (κ3) is 1.97. The summed E-state index contributed by atoms with van der Waals surface area (Å²) in [4.78, 5) is 9.33. The van der Waals surface area contributed by atoms with Crippen LogP contribution in [0, 0.1) is 0 Å². The molecule has 0 bridgehead atoms. The molecule has 62 valence electrons. The van der Waals surface area contributed by atoms with Crippen molar-refractivity contribution in [2.24, 2.45) is 0 Å². The summed E-state index contributed by atoms with van der Waals surface area (Å²) in [5.74, 6) is 1.12. The van der Waals surface area contributed by atoms with Gasteiger partial charge in [-0.15, -0.1) is 0 Å². The van der Waals surface area contributed by atoms with Gasteiger partial charge in [0.1, 0.15) is 5.82 Å². The van der Waals surface area contributed by atoms with Crippen LogP contribution < -0.4 is 4.90 Å². The number of hydrogen-bond donors (Lipinski definition) is 1. The number of aromatic amines is 1. The van der Waals surface area contributed by atoms with Crippen LogP contribution in [0.2, 0.25) is 0 Å². The number of H-pyrrole nitrogens is 1. The van der Waals surface area contributed by atoms with E-state index in [0.717, 1.165) is 18.9 Å². The second-order valence-electron chi connectivity index (χ2n) is 2.52. The van der Waals surface area contributed by atoms with Crippen molar-refractivity contribution < 1.29 is 0 Å². The maximum absolute atomic E-state index is 3.98. The zero-order valence-corrected chi connectivity index (χ0v) is 7.17. The molecule has 1 N–H and O–H groups in total. The summed E-state index contributed by atoms with van der Waals surface area (Å²) in [7, 11) is 0. The van der Waals surface area contributed by atoms with Gasteiger partial charge in [0.25, 0.3) is 0 Å². The van der Waals surface area contributed by atoms with Crippen LogP contribution in [-0.2, 0) is 0 Å². The van der Waals surface area contributed by atoms with E-state index in [9.17, 15) is 0 Å². The summed E-state index contributed by atoms with van der Waals surface area (Å²) in [6.45, 7) is 6.46. The highest BCUT2D eigenvalue weighted by atomic mass is 15.2. The molecule has 1 heterocycles. The van der Waals surface area contributed by atoms with Crippen molar-refractivity contribution in [3.63, 3.8) is 0 Å². The molecule has 1 aromatic rings. The van der Waals surface area contributed by atoms with E-state index >= 15 is 0 Å². The van der Waals surface area contributed by atoms with Gasteiger partial charge in [-0.05, 0) is 13.3 Å². The lowest BCUT2D eigenvalue weighted by Gasteiger charge is -2.19. The van der Waals surface area contributed by atoms with E-state index in [4.69, 9.17) is 0 Å². The summed E-state index contributed by atoms with van der Waals surface area (Å²) >= 11 is 0. The maximum Gasteiger partial charge on any atom is 0.125 e. The lowest BCUT2D eigenvalue weighted by atomic mass is 10.4. The minimum Gasteiger partial charge on any atom is -0.357 e. The van der Waals surface area contributed by atoms with Gasteiger partial charge in [0.05, 0.1) is 12.5 Å². The summed E-state index contributed by atoms with van der Waals surface area (Å²) in [5.41, 5.74) is 0. The first-order valence-corrected chi connectivity index (χ1v) is 4.11. The van der Waals surface area contributed by atoms with Crippen LogP contribution in [0.5, 0.6) is 0 Å². The van der Waals surface area contributed by atoms with Crippen LogP contribution in [0.4, 0.5) is 5.82 Å². The molecule has 11 heavy (non-hydrogen) atoms. The van der Waals surface area contributed by atoms with Crippen LogP contribution >= 0.6 is 0 Å². The van der Waals surface area contributed by atoms with Gasteiger partial charge >= 0.3 is 0 Å². The Labute approximate surface area is 67.4 Å². The van der Waals surface area contributed by atoms with Gasteiger partial charge in [0.15, 0.2) is 0 Å². The molecule has 0 unspecified atom stereocenters. The third-order valence-corrected chi connectivity index (χ3v) is 1.70. The van der Waals surface area contributed by atoms with Gasteiger partial charge < -0.3 is 9.88 Å². The van der Waals surface area contributed by atoms with Crippen molar-refractivity contribution in [3.8, 4) is 0 Å². The predicted octanol–water partition coefficient (Wildman–Crippen LogP) is 1.65. The molecule has 1 aromatic heterocycles. The van der Waals surface area contributed by atoms with Gasteiger partial charge in [0, 0.05) is 13.1 Å². The average Bonchev–Trinajstić information content (AvgIpc) is 2.52. The zero-order valence-electron chi connectivity index (χ0n) is 7.17. The Morgan fingerprint density at radius 1 is 1.55 bits per heavy atom. The molecular formula is C8H15N3. The Kier molecular flexibility index (Phi) is 2.95. The number of aromatic nitrogens is 2. The Morgan fingerprint density at radius 2 is 2.36 bits per heavy atom. The van der Waals surface area contributed by atoms with E-state index in [0.29, 0.717) is 0 Å². The lowest BCUT2D eigenvalue weighted by molar-refractivity contribution is 0.781. The molecule has 0 aromatic carbocycles. The SMILES string of the molecule is CCCN(CC)c1cnc[nH]1. The highest BCUT2D eigenvalue weighted by molar-refractivity contribution is 5.34. The van der Waals surface area contributed by atoms with E-state index in [1.807, 2.05) is 6.20 Å². The molecule has 3 heteroatoms. The topological polar surface area (TPSA) is 31.9 Å². The summed E-state index contributed by atoms with van der Waals surface area (Å²) in [6.07, 6.45) is 4.75. The summed E-state index contributed by atoms with van der Waals surface area (Å²) < 4.78 is 0. The van der Waals surface area contributed by atoms with Gasteiger partial charge in [-0.2, -0.15) is 0 Å². The molecule has 0 spiro atoms. The second-order valence-corrected chi connectivity index (χ2v) is 2.52. The number of anilines is 1. The molecule has 0 aliphatic heterocycles. The first kappa shape index (κ1) is 8.11. The fraction of sp³-hybridized carbons (Fsp3) is 0.625. The molecule has 0 amide bonds. The molecule has 3 nitrogen and oxygen atoms in total. The first-order valence-electron chi connectivity index (χ1n) is 4.11. The minimum atomic E-state index is 1.04. The highest BCUT2D eigenvalue weighted by Crippen LogP contribution is 2.07. The average molecular weight is 153 g/mol. The molecule has 0 fully saturated rings. The van der Waals surface area contributed by atoms with Crippen molar-refractivity contribution in [2.45, 2.75) is 20.3 Å². The largest absolute Gasteiger partial charge is 0.357 e. The molecular weight excluding hydrogens is 138 g/mol. The smallest absolute Gasteiger partial charge is 0.125 e. The Morgan fingerprint density at radius 3 is 2.82 bits per heavy atom. The van der Waals surface area contributed by atoms with E-state index in [-0.39, 0.29) is 0 Å². The monoisotopic (exact) mass is 153 g/mol. The Hall–Kier alpha value is -0.990. The molecule has 1 rings (SSSR count). The van der Waals surface area contributed by atoms with Crippen molar-refractivity contribution >= 4 is 5.82 Å². The quantitative estimate of drug-likeness (QED) is 0.713. The third-order valence-electron chi connectivity index (χ3n) is 1.70. The second kappa shape index (κ2) is 4.01. The fourth-order valence-electron chi connectivity index (χ4n) is 1.14. The molecule has 0 saturated heterocycles. The van der Waals surface area contributed by atoms with Crippen molar-refractivity contribution in [3.05, 3.63) is 12.5 Å². The van der Waals surface area contributed by atoms with Crippen molar-refractivity contribution in [1.82, 2.24) is 9.97 Å². The summed E-state index contributed by atoms with van der Waals surface area (Å²) in [6, 6.07) is 0. The number of rotatable bonds is 4. The van der Waals surface area contributed by atoms with Gasteiger partial charge in [-0.25, -0.2) is 4.98 Å². The van der Waals surface area contributed by atoms with Crippen LogP contribution in [0.1, 0.15) is 20.3 Å².